The number of hydrogen-bond donors (Lipinski definition) is 1. The van der Waals surface area contributed by atoms with E-state index < -0.39 is 10.0 Å². The van der Waals surface area contributed by atoms with E-state index >= 15 is 0 Å². The fourth-order valence-electron chi connectivity index (χ4n) is 2.48. The number of aliphatic hydroxyl groups is 1. The van der Waals surface area contributed by atoms with Crippen LogP contribution in [0, 0.1) is 12.8 Å². The predicted octanol–water partition coefficient (Wildman–Crippen LogP) is 2.69. The zero-order valence-electron chi connectivity index (χ0n) is 13.0. The second kappa shape index (κ2) is 6.46. The molecule has 1 N–H and O–H groups in total. The fourth-order valence-corrected chi connectivity index (χ4v) is 4.45. The summed E-state index contributed by atoms with van der Waals surface area (Å²) >= 11 is 0. The third-order valence-electron chi connectivity index (χ3n) is 4.03. The van der Waals surface area contributed by atoms with Gasteiger partial charge in [-0.1, -0.05) is 26.0 Å². The lowest BCUT2D eigenvalue weighted by Crippen LogP contribution is -2.35. The Morgan fingerprint density at radius 3 is 2.52 bits per heavy atom. The lowest BCUT2D eigenvalue weighted by Gasteiger charge is -2.24. The first-order chi connectivity index (χ1) is 9.87. The Bertz CT molecular complexity index is 592. The maximum Gasteiger partial charge on any atom is 0.243 e. The lowest BCUT2D eigenvalue weighted by atomic mass is 10.1. The second-order valence-corrected chi connectivity index (χ2v) is 8.09. The first-order valence-electron chi connectivity index (χ1n) is 7.59. The van der Waals surface area contributed by atoms with Crippen LogP contribution in [0.15, 0.2) is 23.1 Å². The lowest BCUT2D eigenvalue weighted by molar-refractivity contribution is 0.280. The van der Waals surface area contributed by atoms with Gasteiger partial charge in [-0.2, -0.15) is 4.31 Å². The Morgan fingerprint density at radius 2 is 2.00 bits per heavy atom. The van der Waals surface area contributed by atoms with Gasteiger partial charge in [-0.3, -0.25) is 0 Å². The van der Waals surface area contributed by atoms with Crippen LogP contribution in [-0.2, 0) is 16.6 Å². The van der Waals surface area contributed by atoms with Gasteiger partial charge in [0.1, 0.15) is 0 Å². The first-order valence-corrected chi connectivity index (χ1v) is 9.03. The van der Waals surface area contributed by atoms with Gasteiger partial charge >= 0.3 is 0 Å². The van der Waals surface area contributed by atoms with Gasteiger partial charge in [-0.25, -0.2) is 8.42 Å². The van der Waals surface area contributed by atoms with Gasteiger partial charge in [0.2, 0.25) is 10.0 Å². The standard InChI is InChI=1S/C16H25NO3S/c1-12(2)9-10-17(15-7-8-15)21(19,20)16-6-4-5-14(11-18)13(16)3/h4-6,12,15,18H,7-11H2,1-3H3. The molecule has 0 atom stereocenters. The van der Waals surface area contributed by atoms with E-state index in [-0.39, 0.29) is 12.6 Å². The molecule has 2 rings (SSSR count). The number of nitrogens with zero attached hydrogens (tertiary/aromatic N) is 1. The minimum atomic E-state index is -3.47. The molecule has 0 aliphatic heterocycles. The number of sulfonamides is 1. The van der Waals surface area contributed by atoms with E-state index in [4.69, 9.17) is 0 Å². The van der Waals surface area contributed by atoms with Crippen LogP contribution in [0.5, 0.6) is 0 Å². The summed E-state index contributed by atoms with van der Waals surface area (Å²) in [6.07, 6.45) is 2.78. The molecule has 0 aromatic heterocycles. The van der Waals surface area contributed by atoms with Crippen LogP contribution in [0.1, 0.15) is 44.2 Å². The molecule has 1 aliphatic carbocycles. The molecule has 4 nitrogen and oxygen atoms in total. The van der Waals surface area contributed by atoms with Gasteiger partial charge in [0.15, 0.2) is 0 Å². The fraction of sp³-hybridized carbons (Fsp3) is 0.625. The predicted molar refractivity (Wildman–Crippen MR) is 83.5 cm³/mol. The highest BCUT2D eigenvalue weighted by Crippen LogP contribution is 2.34. The maximum absolute atomic E-state index is 13.0. The van der Waals surface area contributed by atoms with Crippen LogP contribution in [0.25, 0.3) is 0 Å². The highest BCUT2D eigenvalue weighted by Gasteiger charge is 2.38. The Labute approximate surface area is 127 Å². The average Bonchev–Trinajstić information content (AvgIpc) is 3.23. The molecular weight excluding hydrogens is 286 g/mol. The van der Waals surface area contributed by atoms with E-state index in [1.165, 1.54) is 0 Å². The third-order valence-corrected chi connectivity index (χ3v) is 6.13. The molecule has 0 bridgehead atoms. The Morgan fingerprint density at radius 1 is 1.33 bits per heavy atom. The summed E-state index contributed by atoms with van der Waals surface area (Å²) in [7, 11) is -3.47. The van der Waals surface area contributed by atoms with Crippen LogP contribution in [0.4, 0.5) is 0 Å². The van der Waals surface area contributed by atoms with Crippen molar-refractivity contribution in [2.75, 3.05) is 6.54 Å². The van der Waals surface area contributed by atoms with E-state index in [0.717, 1.165) is 19.3 Å². The van der Waals surface area contributed by atoms with Gasteiger partial charge < -0.3 is 5.11 Å². The van der Waals surface area contributed by atoms with Crippen LogP contribution in [0.3, 0.4) is 0 Å². The van der Waals surface area contributed by atoms with Crippen molar-refractivity contribution in [3.63, 3.8) is 0 Å². The minimum Gasteiger partial charge on any atom is -0.392 e. The SMILES string of the molecule is Cc1c(CO)cccc1S(=O)(=O)N(CCC(C)C)C1CC1. The molecule has 1 aromatic carbocycles. The van der Waals surface area contributed by atoms with Crippen molar-refractivity contribution in [2.24, 2.45) is 5.92 Å². The van der Waals surface area contributed by atoms with Crippen LogP contribution < -0.4 is 0 Å². The van der Waals surface area contributed by atoms with E-state index in [1.54, 1.807) is 29.4 Å². The Kier molecular flexibility index (Phi) is 5.07. The molecular formula is C16H25NO3S. The monoisotopic (exact) mass is 311 g/mol. The van der Waals surface area contributed by atoms with Gasteiger partial charge in [0.05, 0.1) is 11.5 Å². The van der Waals surface area contributed by atoms with Crippen LogP contribution >= 0.6 is 0 Å². The Hall–Kier alpha value is -0.910. The molecule has 0 radical (unpaired) electrons. The van der Waals surface area contributed by atoms with Crippen LogP contribution in [-0.4, -0.2) is 30.4 Å². The van der Waals surface area contributed by atoms with Crippen molar-refractivity contribution in [1.82, 2.24) is 4.31 Å². The molecule has 0 heterocycles. The topological polar surface area (TPSA) is 57.6 Å². The van der Waals surface area contributed by atoms with Crippen molar-refractivity contribution < 1.29 is 13.5 Å². The summed E-state index contributed by atoms with van der Waals surface area (Å²) in [6.45, 7) is 6.43. The van der Waals surface area contributed by atoms with Gasteiger partial charge in [0.25, 0.3) is 0 Å². The zero-order chi connectivity index (χ0) is 15.6. The van der Waals surface area contributed by atoms with Crippen molar-refractivity contribution in [2.45, 2.75) is 57.6 Å². The van der Waals surface area contributed by atoms with Crippen LogP contribution in [0.2, 0.25) is 0 Å². The summed E-state index contributed by atoms with van der Waals surface area (Å²) in [5.74, 6) is 0.478. The summed E-state index contributed by atoms with van der Waals surface area (Å²) in [5, 5.41) is 9.34. The molecule has 0 amide bonds. The van der Waals surface area contributed by atoms with Gasteiger partial charge in [-0.05, 0) is 49.3 Å². The van der Waals surface area contributed by atoms with Crippen molar-refractivity contribution in [3.05, 3.63) is 29.3 Å². The van der Waals surface area contributed by atoms with Crippen molar-refractivity contribution in [3.8, 4) is 0 Å². The highest BCUT2D eigenvalue weighted by molar-refractivity contribution is 7.89. The van der Waals surface area contributed by atoms with E-state index in [2.05, 4.69) is 13.8 Å². The summed E-state index contributed by atoms with van der Waals surface area (Å²) in [5.41, 5.74) is 1.34. The van der Waals surface area contributed by atoms with Crippen molar-refractivity contribution in [1.29, 1.82) is 0 Å². The molecule has 0 unspecified atom stereocenters. The Balaban J connectivity index is 2.34. The van der Waals surface area contributed by atoms with Gasteiger partial charge in [-0.15, -0.1) is 0 Å². The average molecular weight is 311 g/mol. The summed E-state index contributed by atoms with van der Waals surface area (Å²) in [4.78, 5) is 0.338. The van der Waals surface area contributed by atoms with Gasteiger partial charge in [0, 0.05) is 12.6 Å². The number of benzene rings is 1. The third kappa shape index (κ3) is 3.65. The van der Waals surface area contributed by atoms with E-state index in [1.807, 2.05) is 0 Å². The molecule has 118 valence electrons. The second-order valence-electron chi connectivity index (χ2n) is 6.23. The summed E-state index contributed by atoms with van der Waals surface area (Å²) < 4.78 is 27.6. The first kappa shape index (κ1) is 16.5. The quantitative estimate of drug-likeness (QED) is 0.842. The number of rotatable bonds is 7. The number of aliphatic hydroxyl groups excluding tert-OH is 1. The molecule has 1 saturated carbocycles. The molecule has 21 heavy (non-hydrogen) atoms. The molecule has 0 spiro atoms. The largest absolute Gasteiger partial charge is 0.392 e. The van der Waals surface area contributed by atoms with E-state index in [0.29, 0.717) is 28.5 Å². The highest BCUT2D eigenvalue weighted by atomic mass is 32.2. The molecule has 5 heteroatoms. The maximum atomic E-state index is 13.0. The zero-order valence-corrected chi connectivity index (χ0v) is 13.9. The minimum absolute atomic E-state index is 0.134. The summed E-state index contributed by atoms with van der Waals surface area (Å²) in [6, 6.07) is 5.28. The normalized spacial score (nSPS) is 15.9. The number of hydrogen-bond acceptors (Lipinski definition) is 3. The molecule has 1 aromatic rings. The smallest absolute Gasteiger partial charge is 0.243 e. The van der Waals surface area contributed by atoms with Crippen molar-refractivity contribution >= 4 is 10.0 Å². The molecule has 1 aliphatic rings. The molecule has 1 fully saturated rings. The molecule has 0 saturated heterocycles. The van der Waals surface area contributed by atoms with E-state index in [9.17, 15) is 13.5 Å².